The number of benzene rings is 1. The summed E-state index contributed by atoms with van der Waals surface area (Å²) in [5, 5.41) is 3.59. The van der Waals surface area contributed by atoms with Crippen molar-refractivity contribution in [2.24, 2.45) is 5.73 Å². The van der Waals surface area contributed by atoms with Crippen molar-refractivity contribution in [3.05, 3.63) is 41.8 Å². The van der Waals surface area contributed by atoms with Gasteiger partial charge in [0.15, 0.2) is 6.61 Å². The molecule has 0 aliphatic carbocycles. The predicted molar refractivity (Wildman–Crippen MR) is 52.9 cm³/mol. The minimum Gasteiger partial charge on any atom is -0.485 e. The molecule has 1 aromatic carbocycles. The van der Waals surface area contributed by atoms with Crippen LogP contribution in [0.1, 0.15) is 11.4 Å². The largest absolute Gasteiger partial charge is 0.485 e. The Balaban J connectivity index is 2.09. The molecule has 2 N–H and O–H groups in total. The summed E-state index contributed by atoms with van der Waals surface area (Å²) in [5.74, 6) is 0.605. The molecule has 1 aromatic heterocycles. The molecule has 84 valence electrons. The summed E-state index contributed by atoms with van der Waals surface area (Å²) in [6.45, 7) is 0.370. The fourth-order valence-electron chi connectivity index (χ4n) is 1.25. The molecule has 0 spiro atoms. The average molecular weight is 223 g/mol. The second-order valence-electron chi connectivity index (χ2n) is 3.09. The highest BCUT2D eigenvalue weighted by molar-refractivity contribution is 5.33. The van der Waals surface area contributed by atoms with Gasteiger partial charge in [-0.25, -0.2) is 4.39 Å². The van der Waals surface area contributed by atoms with Crippen molar-refractivity contribution in [3.63, 3.8) is 0 Å². The van der Waals surface area contributed by atoms with E-state index >= 15 is 0 Å². The first-order valence-electron chi connectivity index (χ1n) is 4.66. The van der Waals surface area contributed by atoms with E-state index in [1.54, 1.807) is 0 Å². The molecule has 2 aromatic rings. The lowest BCUT2D eigenvalue weighted by Crippen LogP contribution is -2.04. The summed E-state index contributed by atoms with van der Waals surface area (Å²) < 4.78 is 22.8. The Kier molecular flexibility index (Phi) is 3.11. The molecular weight excluding hydrogens is 213 g/mol. The van der Waals surface area contributed by atoms with Crippen molar-refractivity contribution >= 4 is 0 Å². The predicted octanol–water partition coefficient (Wildman–Crippen LogP) is 1.25. The van der Waals surface area contributed by atoms with Crippen LogP contribution in [-0.2, 0) is 13.2 Å². The van der Waals surface area contributed by atoms with Gasteiger partial charge in [0.25, 0.3) is 0 Å². The van der Waals surface area contributed by atoms with Crippen molar-refractivity contribution < 1.29 is 13.7 Å². The topological polar surface area (TPSA) is 74.2 Å². The monoisotopic (exact) mass is 223 g/mol. The Bertz CT molecular complexity index is 459. The van der Waals surface area contributed by atoms with Gasteiger partial charge in [0.05, 0.1) is 0 Å². The van der Waals surface area contributed by atoms with Gasteiger partial charge in [-0.05, 0) is 18.2 Å². The molecule has 0 atom stereocenters. The first-order chi connectivity index (χ1) is 7.79. The summed E-state index contributed by atoms with van der Waals surface area (Å²) >= 11 is 0. The van der Waals surface area contributed by atoms with Crippen LogP contribution in [0.3, 0.4) is 0 Å². The maximum Gasteiger partial charge on any atom is 0.213 e. The van der Waals surface area contributed by atoms with Gasteiger partial charge in [-0.3, -0.25) is 0 Å². The van der Waals surface area contributed by atoms with Crippen molar-refractivity contribution in [2.75, 3.05) is 0 Å². The molecule has 2 rings (SSSR count). The lowest BCUT2D eigenvalue weighted by atomic mass is 10.2. The average Bonchev–Trinajstić information content (AvgIpc) is 2.80. The third kappa shape index (κ3) is 2.34. The first kappa shape index (κ1) is 10.6. The van der Waals surface area contributed by atoms with Gasteiger partial charge in [-0.15, -0.1) is 0 Å². The molecule has 6 heteroatoms. The number of halogens is 1. The van der Waals surface area contributed by atoms with E-state index in [1.807, 2.05) is 0 Å². The van der Waals surface area contributed by atoms with E-state index in [-0.39, 0.29) is 19.0 Å². The van der Waals surface area contributed by atoms with E-state index < -0.39 is 0 Å². The molecular formula is C10H10FN3O2. The van der Waals surface area contributed by atoms with Crippen LogP contribution < -0.4 is 10.5 Å². The minimum atomic E-state index is -0.340. The van der Waals surface area contributed by atoms with Gasteiger partial charge >= 0.3 is 0 Å². The van der Waals surface area contributed by atoms with Crippen molar-refractivity contribution in [3.8, 4) is 5.75 Å². The zero-order valence-electron chi connectivity index (χ0n) is 8.39. The highest BCUT2D eigenvalue weighted by Crippen LogP contribution is 2.19. The third-order valence-electron chi connectivity index (χ3n) is 2.01. The number of ether oxygens (including phenoxy) is 1. The standard InChI is InChI=1S/C10H10FN3O2/c11-8-1-2-9(7(3-8)4-12)15-5-10-13-6-16-14-10/h1-3,6H,4-5,12H2. The smallest absolute Gasteiger partial charge is 0.213 e. The molecule has 0 fully saturated rings. The van der Waals surface area contributed by atoms with Crippen LogP contribution in [0.15, 0.2) is 29.1 Å². The first-order valence-corrected chi connectivity index (χ1v) is 4.66. The van der Waals surface area contributed by atoms with Crippen molar-refractivity contribution in [2.45, 2.75) is 13.2 Å². The number of aromatic nitrogens is 2. The molecule has 0 amide bonds. The second kappa shape index (κ2) is 4.71. The second-order valence-corrected chi connectivity index (χ2v) is 3.09. The van der Waals surface area contributed by atoms with E-state index in [9.17, 15) is 4.39 Å². The Hall–Kier alpha value is -1.95. The van der Waals surface area contributed by atoms with E-state index in [2.05, 4.69) is 14.7 Å². The Morgan fingerprint density at radius 3 is 3.00 bits per heavy atom. The van der Waals surface area contributed by atoms with Gasteiger partial charge in [-0.2, -0.15) is 4.98 Å². The summed E-state index contributed by atoms with van der Waals surface area (Å²) in [6.07, 6.45) is 1.22. The van der Waals surface area contributed by atoms with Gasteiger partial charge in [-0.1, -0.05) is 5.16 Å². The lowest BCUT2D eigenvalue weighted by molar-refractivity contribution is 0.283. The molecule has 1 heterocycles. The molecule has 5 nitrogen and oxygen atoms in total. The molecule has 0 bridgehead atoms. The molecule has 0 saturated carbocycles. The van der Waals surface area contributed by atoms with Gasteiger partial charge in [0.1, 0.15) is 11.6 Å². The van der Waals surface area contributed by atoms with Crippen molar-refractivity contribution in [1.29, 1.82) is 0 Å². The molecule has 16 heavy (non-hydrogen) atoms. The van der Waals surface area contributed by atoms with Crippen molar-refractivity contribution in [1.82, 2.24) is 10.1 Å². The van der Waals surface area contributed by atoms with Gasteiger partial charge < -0.3 is 15.0 Å². The summed E-state index contributed by atoms with van der Waals surface area (Å²) in [7, 11) is 0. The minimum absolute atomic E-state index is 0.162. The molecule has 0 aliphatic heterocycles. The molecule has 0 saturated heterocycles. The SMILES string of the molecule is NCc1cc(F)ccc1OCc1ncon1. The number of hydrogen-bond acceptors (Lipinski definition) is 5. The van der Waals surface area contributed by atoms with Crippen LogP contribution in [0, 0.1) is 5.82 Å². The van der Waals surface area contributed by atoms with E-state index in [0.717, 1.165) is 0 Å². The summed E-state index contributed by atoms with van der Waals surface area (Å²) in [5.41, 5.74) is 6.07. The van der Waals surface area contributed by atoms with E-state index in [0.29, 0.717) is 17.1 Å². The highest BCUT2D eigenvalue weighted by atomic mass is 19.1. The quantitative estimate of drug-likeness (QED) is 0.844. The molecule has 0 unspecified atom stereocenters. The summed E-state index contributed by atoms with van der Waals surface area (Å²) in [4.78, 5) is 3.80. The fourth-order valence-corrected chi connectivity index (χ4v) is 1.25. The zero-order chi connectivity index (χ0) is 11.4. The van der Waals surface area contributed by atoms with Crippen LogP contribution >= 0.6 is 0 Å². The molecule has 0 radical (unpaired) electrons. The van der Waals surface area contributed by atoms with Gasteiger partial charge in [0.2, 0.25) is 12.2 Å². The van der Waals surface area contributed by atoms with Crippen LogP contribution in [0.25, 0.3) is 0 Å². The fraction of sp³-hybridized carbons (Fsp3) is 0.200. The Labute approximate surface area is 91.0 Å². The maximum atomic E-state index is 12.9. The Morgan fingerprint density at radius 2 is 2.31 bits per heavy atom. The van der Waals surface area contributed by atoms with E-state index in [4.69, 9.17) is 10.5 Å². The van der Waals surface area contributed by atoms with Gasteiger partial charge in [0, 0.05) is 12.1 Å². The number of nitrogens with two attached hydrogens (primary N) is 1. The Morgan fingerprint density at radius 1 is 1.44 bits per heavy atom. The van der Waals surface area contributed by atoms with Crippen LogP contribution in [0.4, 0.5) is 4.39 Å². The zero-order valence-corrected chi connectivity index (χ0v) is 8.39. The number of hydrogen-bond donors (Lipinski definition) is 1. The number of nitrogens with zero attached hydrogens (tertiary/aromatic N) is 2. The maximum absolute atomic E-state index is 12.9. The summed E-state index contributed by atoms with van der Waals surface area (Å²) in [6, 6.07) is 4.17. The van der Waals surface area contributed by atoms with Crippen LogP contribution in [0.5, 0.6) is 5.75 Å². The van der Waals surface area contributed by atoms with Crippen LogP contribution in [0.2, 0.25) is 0 Å². The third-order valence-corrected chi connectivity index (χ3v) is 2.01. The lowest BCUT2D eigenvalue weighted by Gasteiger charge is -2.08. The number of rotatable bonds is 4. The molecule has 0 aliphatic rings. The normalized spacial score (nSPS) is 10.4. The van der Waals surface area contributed by atoms with Crippen LogP contribution in [-0.4, -0.2) is 10.1 Å². The highest BCUT2D eigenvalue weighted by Gasteiger charge is 2.05. The van der Waals surface area contributed by atoms with E-state index in [1.165, 1.54) is 24.6 Å².